The normalized spacial score (nSPS) is 10.6. The molecule has 9 heteroatoms. The van der Waals surface area contributed by atoms with Gasteiger partial charge in [-0.05, 0) is 55.8 Å². The van der Waals surface area contributed by atoms with Crippen molar-refractivity contribution in [2.24, 2.45) is 0 Å². The average Bonchev–Trinajstić information content (AvgIpc) is 3.11. The highest BCUT2D eigenvalue weighted by atomic mass is 35.5. The molecule has 1 N–H and O–H groups in total. The predicted octanol–water partition coefficient (Wildman–Crippen LogP) is 4.26. The number of aromatic nitrogens is 3. The Bertz CT molecular complexity index is 1020. The first-order valence-corrected chi connectivity index (χ1v) is 10.2. The van der Waals surface area contributed by atoms with Gasteiger partial charge in [0.05, 0.1) is 12.4 Å². The fourth-order valence-electron chi connectivity index (χ4n) is 2.60. The monoisotopic (exact) mass is 430 g/mol. The molecule has 7 nitrogen and oxygen atoms in total. The molecule has 3 rings (SSSR count). The Morgan fingerprint density at radius 1 is 1.17 bits per heavy atom. The molecule has 0 atom stereocenters. The van der Waals surface area contributed by atoms with Crippen molar-refractivity contribution in [1.29, 1.82) is 0 Å². The molecule has 0 saturated carbocycles. The van der Waals surface area contributed by atoms with Crippen molar-refractivity contribution in [3.8, 4) is 17.1 Å². The van der Waals surface area contributed by atoms with Crippen molar-refractivity contribution in [2.75, 3.05) is 12.4 Å². The van der Waals surface area contributed by atoms with Crippen LogP contribution in [0.25, 0.3) is 17.1 Å². The Balaban J connectivity index is 1.90. The van der Waals surface area contributed by atoms with Crippen molar-refractivity contribution in [1.82, 2.24) is 20.1 Å². The third kappa shape index (κ3) is 5.36. The van der Waals surface area contributed by atoms with Crippen LogP contribution in [0.5, 0.6) is 0 Å². The van der Waals surface area contributed by atoms with E-state index in [1.54, 1.807) is 19.1 Å². The van der Waals surface area contributed by atoms with Crippen molar-refractivity contribution in [2.45, 2.75) is 19.0 Å². The van der Waals surface area contributed by atoms with E-state index in [0.717, 1.165) is 16.8 Å². The predicted molar refractivity (Wildman–Crippen MR) is 112 cm³/mol. The van der Waals surface area contributed by atoms with E-state index in [9.17, 15) is 9.59 Å². The van der Waals surface area contributed by atoms with Crippen LogP contribution in [-0.2, 0) is 9.53 Å². The summed E-state index contributed by atoms with van der Waals surface area (Å²) in [5, 5.41) is 11.9. The standard InChI is InChI=1S/C20H19ClN4O3S/c1-3-28-20(27)22-17(26)12-29-19-24-23-18(14-7-9-15(21)10-8-14)25(19)16-6-4-5-13(2)11-16/h4-11H,3,12H2,1-2H3,(H,22,26,27). The van der Waals surface area contributed by atoms with Crippen LogP contribution in [0.3, 0.4) is 0 Å². The van der Waals surface area contributed by atoms with Gasteiger partial charge in [0, 0.05) is 16.3 Å². The minimum atomic E-state index is -0.764. The molecule has 0 unspecified atom stereocenters. The lowest BCUT2D eigenvalue weighted by molar-refractivity contribution is -0.117. The van der Waals surface area contributed by atoms with Gasteiger partial charge >= 0.3 is 6.09 Å². The maximum Gasteiger partial charge on any atom is 0.413 e. The van der Waals surface area contributed by atoms with Crippen LogP contribution in [0.4, 0.5) is 4.79 Å². The number of rotatable bonds is 6. The number of alkyl carbamates (subject to hydrolysis) is 1. The van der Waals surface area contributed by atoms with E-state index in [4.69, 9.17) is 16.3 Å². The summed E-state index contributed by atoms with van der Waals surface area (Å²) in [5.74, 6) is 0.143. The molecule has 1 heterocycles. The molecule has 3 aromatic rings. The van der Waals surface area contributed by atoms with Gasteiger partial charge in [0.1, 0.15) is 0 Å². The Kier molecular flexibility index (Phi) is 6.90. The highest BCUT2D eigenvalue weighted by Crippen LogP contribution is 2.29. The van der Waals surface area contributed by atoms with Crippen molar-refractivity contribution < 1.29 is 14.3 Å². The van der Waals surface area contributed by atoms with Gasteiger partial charge in [0.2, 0.25) is 5.91 Å². The van der Waals surface area contributed by atoms with E-state index in [1.807, 2.05) is 47.9 Å². The second-order valence-corrected chi connectivity index (χ2v) is 7.42. The largest absolute Gasteiger partial charge is 0.450 e. The van der Waals surface area contributed by atoms with Crippen molar-refractivity contribution in [3.63, 3.8) is 0 Å². The number of imide groups is 1. The van der Waals surface area contributed by atoms with Gasteiger partial charge in [-0.1, -0.05) is 35.5 Å². The summed E-state index contributed by atoms with van der Waals surface area (Å²) < 4.78 is 6.59. The van der Waals surface area contributed by atoms with Gasteiger partial charge in [0.25, 0.3) is 0 Å². The molecule has 0 bridgehead atoms. The Morgan fingerprint density at radius 2 is 1.93 bits per heavy atom. The summed E-state index contributed by atoms with van der Waals surface area (Å²) in [6.07, 6.45) is -0.764. The zero-order chi connectivity index (χ0) is 20.8. The fourth-order valence-corrected chi connectivity index (χ4v) is 3.47. The molecule has 2 aromatic carbocycles. The quantitative estimate of drug-likeness (QED) is 0.588. The summed E-state index contributed by atoms with van der Waals surface area (Å²) in [6, 6.07) is 15.2. The van der Waals surface area contributed by atoms with E-state index in [2.05, 4.69) is 15.5 Å². The highest BCUT2D eigenvalue weighted by Gasteiger charge is 2.18. The molecule has 0 spiro atoms. The zero-order valence-electron chi connectivity index (χ0n) is 15.9. The summed E-state index contributed by atoms with van der Waals surface area (Å²) in [4.78, 5) is 23.4. The molecule has 0 aliphatic rings. The number of halogens is 1. The maximum absolute atomic E-state index is 12.0. The minimum Gasteiger partial charge on any atom is -0.450 e. The van der Waals surface area contributed by atoms with Gasteiger partial charge < -0.3 is 4.74 Å². The second kappa shape index (κ2) is 9.58. The van der Waals surface area contributed by atoms with Crippen LogP contribution < -0.4 is 5.32 Å². The first-order valence-electron chi connectivity index (χ1n) is 8.85. The average molecular weight is 431 g/mol. The number of thioether (sulfide) groups is 1. The van der Waals surface area contributed by atoms with Crippen LogP contribution in [0.2, 0.25) is 5.02 Å². The number of carbonyl (C=O) groups excluding carboxylic acids is 2. The number of amides is 2. The van der Waals surface area contributed by atoms with Gasteiger partial charge in [-0.15, -0.1) is 10.2 Å². The molecule has 150 valence electrons. The maximum atomic E-state index is 12.0. The first kappa shape index (κ1) is 20.9. The molecule has 29 heavy (non-hydrogen) atoms. The van der Waals surface area contributed by atoms with Crippen LogP contribution in [0.15, 0.2) is 53.7 Å². The molecule has 2 amide bonds. The van der Waals surface area contributed by atoms with Gasteiger partial charge in [-0.2, -0.15) is 0 Å². The Labute approximate surface area is 177 Å². The summed E-state index contributed by atoms with van der Waals surface area (Å²) in [7, 11) is 0. The van der Waals surface area contributed by atoms with Crippen molar-refractivity contribution >= 4 is 35.4 Å². The number of benzene rings is 2. The topological polar surface area (TPSA) is 86.1 Å². The molecular formula is C20H19ClN4O3S. The van der Waals surface area contributed by atoms with Crippen molar-refractivity contribution in [3.05, 3.63) is 59.1 Å². The molecule has 0 radical (unpaired) electrons. The number of aryl methyl sites for hydroxylation is 1. The Hall–Kier alpha value is -2.84. The smallest absolute Gasteiger partial charge is 0.413 e. The molecule has 1 aromatic heterocycles. The molecule has 0 aliphatic carbocycles. The fraction of sp³-hybridized carbons (Fsp3) is 0.200. The highest BCUT2D eigenvalue weighted by molar-refractivity contribution is 7.99. The third-order valence-corrected chi connectivity index (χ3v) is 5.03. The van der Waals surface area contributed by atoms with E-state index in [-0.39, 0.29) is 12.4 Å². The third-order valence-electron chi connectivity index (χ3n) is 3.84. The molecular weight excluding hydrogens is 412 g/mol. The van der Waals surface area contributed by atoms with Crippen LogP contribution in [0.1, 0.15) is 12.5 Å². The second-order valence-electron chi connectivity index (χ2n) is 6.04. The lowest BCUT2D eigenvalue weighted by Gasteiger charge is -2.11. The van der Waals surface area contributed by atoms with E-state index in [0.29, 0.717) is 16.0 Å². The molecule has 0 aliphatic heterocycles. The van der Waals surface area contributed by atoms with Gasteiger partial charge in [0.15, 0.2) is 11.0 Å². The van der Waals surface area contributed by atoms with E-state index in [1.165, 1.54) is 11.8 Å². The minimum absolute atomic E-state index is 0.0105. The van der Waals surface area contributed by atoms with Crippen LogP contribution >= 0.6 is 23.4 Å². The number of hydrogen-bond donors (Lipinski definition) is 1. The summed E-state index contributed by atoms with van der Waals surface area (Å²) >= 11 is 7.18. The molecule has 0 fully saturated rings. The van der Waals surface area contributed by atoms with Crippen LogP contribution in [0, 0.1) is 6.92 Å². The number of nitrogens with zero attached hydrogens (tertiary/aromatic N) is 3. The van der Waals surface area contributed by atoms with E-state index < -0.39 is 12.0 Å². The summed E-state index contributed by atoms with van der Waals surface area (Å²) in [5.41, 5.74) is 2.79. The first-order chi connectivity index (χ1) is 14.0. The lowest BCUT2D eigenvalue weighted by atomic mass is 10.2. The lowest BCUT2D eigenvalue weighted by Crippen LogP contribution is -2.32. The SMILES string of the molecule is CCOC(=O)NC(=O)CSc1nnc(-c2ccc(Cl)cc2)n1-c1cccc(C)c1. The number of hydrogen-bond acceptors (Lipinski definition) is 6. The number of carbonyl (C=O) groups is 2. The number of ether oxygens (including phenoxy) is 1. The van der Waals surface area contributed by atoms with Gasteiger partial charge in [-0.3, -0.25) is 14.7 Å². The number of nitrogens with one attached hydrogen (secondary N) is 1. The molecule has 0 saturated heterocycles. The van der Waals surface area contributed by atoms with Crippen LogP contribution in [-0.4, -0.2) is 39.1 Å². The Morgan fingerprint density at radius 3 is 2.62 bits per heavy atom. The van der Waals surface area contributed by atoms with E-state index >= 15 is 0 Å². The summed E-state index contributed by atoms with van der Waals surface area (Å²) in [6.45, 7) is 3.86. The zero-order valence-corrected chi connectivity index (χ0v) is 17.5. The van der Waals surface area contributed by atoms with Gasteiger partial charge in [-0.25, -0.2) is 4.79 Å².